The van der Waals surface area contributed by atoms with Crippen LogP contribution in [0.5, 0.6) is 5.75 Å². The molecule has 0 aromatic heterocycles. The van der Waals surface area contributed by atoms with E-state index >= 15 is 0 Å². The summed E-state index contributed by atoms with van der Waals surface area (Å²) in [6.45, 7) is 0. The Hall–Kier alpha value is -2.36. The standard InChI is InChI=1S/C14H12FNO2/c15-13-7-2-1-4-10(13)8-14(18)16-11-5-3-6-12(17)9-11/h1-7,9,17H,8H2,(H,16,18). The highest BCUT2D eigenvalue weighted by molar-refractivity contribution is 5.92. The summed E-state index contributed by atoms with van der Waals surface area (Å²) in [7, 11) is 0. The lowest BCUT2D eigenvalue weighted by Crippen LogP contribution is -2.15. The van der Waals surface area contributed by atoms with Gasteiger partial charge in [0.1, 0.15) is 11.6 Å². The van der Waals surface area contributed by atoms with Gasteiger partial charge in [-0.25, -0.2) is 4.39 Å². The van der Waals surface area contributed by atoms with Crippen LogP contribution in [-0.4, -0.2) is 11.0 Å². The van der Waals surface area contributed by atoms with Crippen LogP contribution in [-0.2, 0) is 11.2 Å². The number of halogens is 1. The summed E-state index contributed by atoms with van der Waals surface area (Å²) in [5, 5.41) is 11.8. The minimum atomic E-state index is -0.399. The Morgan fingerprint density at radius 1 is 1.17 bits per heavy atom. The minimum Gasteiger partial charge on any atom is -0.508 e. The first-order valence-corrected chi connectivity index (χ1v) is 5.47. The van der Waals surface area contributed by atoms with E-state index in [0.717, 1.165) is 0 Å². The van der Waals surface area contributed by atoms with Crippen LogP contribution in [0.15, 0.2) is 48.5 Å². The molecule has 0 atom stereocenters. The summed E-state index contributed by atoms with van der Waals surface area (Å²) >= 11 is 0. The van der Waals surface area contributed by atoms with Gasteiger partial charge in [-0.2, -0.15) is 0 Å². The Labute approximate surface area is 104 Å². The third kappa shape index (κ3) is 3.07. The highest BCUT2D eigenvalue weighted by atomic mass is 19.1. The molecule has 0 saturated heterocycles. The normalized spacial score (nSPS) is 10.1. The van der Waals surface area contributed by atoms with Crippen LogP contribution in [0.3, 0.4) is 0 Å². The van der Waals surface area contributed by atoms with Crippen molar-refractivity contribution in [3.63, 3.8) is 0 Å². The van der Waals surface area contributed by atoms with Gasteiger partial charge >= 0.3 is 0 Å². The van der Waals surface area contributed by atoms with E-state index in [-0.39, 0.29) is 18.1 Å². The first-order chi connectivity index (χ1) is 8.65. The van der Waals surface area contributed by atoms with Gasteiger partial charge < -0.3 is 10.4 Å². The fourth-order valence-corrected chi connectivity index (χ4v) is 1.60. The molecule has 18 heavy (non-hydrogen) atoms. The maximum absolute atomic E-state index is 13.3. The lowest BCUT2D eigenvalue weighted by Gasteiger charge is -2.06. The minimum absolute atomic E-state index is 0.0394. The quantitative estimate of drug-likeness (QED) is 0.873. The number of amides is 1. The number of nitrogens with one attached hydrogen (secondary N) is 1. The van der Waals surface area contributed by atoms with Crippen molar-refractivity contribution in [3.8, 4) is 5.75 Å². The molecule has 0 fully saturated rings. The van der Waals surface area contributed by atoms with Gasteiger partial charge in [0.2, 0.25) is 5.91 Å². The second-order valence-corrected chi connectivity index (χ2v) is 3.87. The summed E-state index contributed by atoms with van der Waals surface area (Å²) in [6, 6.07) is 12.3. The maximum atomic E-state index is 13.3. The number of phenolic OH excluding ortho intramolecular Hbond substituents is 1. The number of benzene rings is 2. The zero-order valence-corrected chi connectivity index (χ0v) is 9.56. The molecule has 0 saturated carbocycles. The Morgan fingerprint density at radius 3 is 2.67 bits per heavy atom. The molecule has 3 nitrogen and oxygen atoms in total. The molecule has 4 heteroatoms. The first-order valence-electron chi connectivity index (χ1n) is 5.47. The predicted octanol–water partition coefficient (Wildman–Crippen LogP) is 2.71. The van der Waals surface area contributed by atoms with E-state index < -0.39 is 5.82 Å². The van der Waals surface area contributed by atoms with Crippen molar-refractivity contribution in [1.82, 2.24) is 0 Å². The molecule has 0 aliphatic heterocycles. The van der Waals surface area contributed by atoms with Gasteiger partial charge in [0.25, 0.3) is 0 Å². The number of hydrogen-bond acceptors (Lipinski definition) is 2. The molecule has 2 aromatic carbocycles. The van der Waals surface area contributed by atoms with Crippen LogP contribution in [0, 0.1) is 5.82 Å². The Morgan fingerprint density at radius 2 is 1.94 bits per heavy atom. The third-order valence-corrected chi connectivity index (χ3v) is 2.44. The fourth-order valence-electron chi connectivity index (χ4n) is 1.60. The topological polar surface area (TPSA) is 49.3 Å². The number of rotatable bonds is 3. The van der Waals surface area contributed by atoms with Gasteiger partial charge in [-0.15, -0.1) is 0 Å². The number of carbonyl (C=O) groups is 1. The molecule has 2 N–H and O–H groups in total. The lowest BCUT2D eigenvalue weighted by molar-refractivity contribution is -0.115. The van der Waals surface area contributed by atoms with Crippen molar-refractivity contribution >= 4 is 11.6 Å². The Balaban J connectivity index is 2.03. The monoisotopic (exact) mass is 245 g/mol. The van der Waals surface area contributed by atoms with Crippen LogP contribution in [0.4, 0.5) is 10.1 Å². The predicted molar refractivity (Wildman–Crippen MR) is 66.8 cm³/mol. The van der Waals surface area contributed by atoms with E-state index in [1.165, 1.54) is 18.2 Å². The summed E-state index contributed by atoms with van der Waals surface area (Å²) < 4.78 is 13.3. The van der Waals surface area contributed by atoms with E-state index in [4.69, 9.17) is 0 Å². The molecule has 0 aliphatic rings. The van der Waals surface area contributed by atoms with Crippen LogP contribution in [0.1, 0.15) is 5.56 Å². The fraction of sp³-hybridized carbons (Fsp3) is 0.0714. The number of hydrogen-bond donors (Lipinski definition) is 2. The number of aromatic hydroxyl groups is 1. The van der Waals surface area contributed by atoms with Gasteiger partial charge in [-0.3, -0.25) is 4.79 Å². The second-order valence-electron chi connectivity index (χ2n) is 3.87. The SMILES string of the molecule is O=C(Cc1ccccc1F)Nc1cccc(O)c1. The number of phenols is 1. The molecule has 0 radical (unpaired) electrons. The average molecular weight is 245 g/mol. The van der Waals surface area contributed by atoms with Crippen molar-refractivity contribution in [2.45, 2.75) is 6.42 Å². The van der Waals surface area contributed by atoms with Gasteiger partial charge in [0.05, 0.1) is 6.42 Å². The van der Waals surface area contributed by atoms with Crippen molar-refractivity contribution < 1.29 is 14.3 Å². The van der Waals surface area contributed by atoms with Gasteiger partial charge in [-0.05, 0) is 23.8 Å². The molecule has 0 spiro atoms. The molecule has 1 amide bonds. The molecule has 0 bridgehead atoms. The summed E-state index contributed by atoms with van der Waals surface area (Å²) in [5.41, 5.74) is 0.825. The van der Waals surface area contributed by atoms with Crippen LogP contribution in [0.25, 0.3) is 0 Å². The van der Waals surface area contributed by atoms with Crippen molar-refractivity contribution in [2.75, 3.05) is 5.32 Å². The van der Waals surface area contributed by atoms with Crippen molar-refractivity contribution in [3.05, 3.63) is 59.9 Å². The highest BCUT2D eigenvalue weighted by Gasteiger charge is 2.07. The van der Waals surface area contributed by atoms with Crippen LogP contribution >= 0.6 is 0 Å². The third-order valence-electron chi connectivity index (χ3n) is 2.44. The van der Waals surface area contributed by atoms with Crippen LogP contribution < -0.4 is 5.32 Å². The maximum Gasteiger partial charge on any atom is 0.228 e. The van der Waals surface area contributed by atoms with Crippen molar-refractivity contribution in [1.29, 1.82) is 0 Å². The van der Waals surface area contributed by atoms with Gasteiger partial charge in [-0.1, -0.05) is 24.3 Å². The smallest absolute Gasteiger partial charge is 0.228 e. The zero-order valence-electron chi connectivity index (χ0n) is 9.56. The molecule has 92 valence electrons. The first kappa shape index (κ1) is 12.1. The van der Waals surface area contributed by atoms with E-state index in [9.17, 15) is 14.3 Å². The average Bonchev–Trinajstić information content (AvgIpc) is 2.32. The molecule has 2 rings (SSSR count). The van der Waals surface area contributed by atoms with Gasteiger partial charge in [0, 0.05) is 11.8 Å². The van der Waals surface area contributed by atoms with E-state index in [1.54, 1.807) is 30.3 Å². The molecular weight excluding hydrogens is 233 g/mol. The summed E-state index contributed by atoms with van der Waals surface area (Å²) in [5.74, 6) is -0.659. The zero-order chi connectivity index (χ0) is 13.0. The highest BCUT2D eigenvalue weighted by Crippen LogP contribution is 2.16. The van der Waals surface area contributed by atoms with E-state index in [2.05, 4.69) is 5.32 Å². The number of anilines is 1. The van der Waals surface area contributed by atoms with Gasteiger partial charge in [0.15, 0.2) is 0 Å². The molecule has 0 heterocycles. The molecule has 0 unspecified atom stereocenters. The second kappa shape index (κ2) is 5.31. The Bertz CT molecular complexity index is 569. The Kier molecular flexibility index (Phi) is 3.57. The molecule has 2 aromatic rings. The summed E-state index contributed by atoms with van der Waals surface area (Å²) in [4.78, 5) is 11.7. The lowest BCUT2D eigenvalue weighted by atomic mass is 10.1. The molecular formula is C14H12FNO2. The summed E-state index contributed by atoms with van der Waals surface area (Å²) in [6.07, 6.45) is -0.0394. The van der Waals surface area contributed by atoms with Crippen LogP contribution in [0.2, 0.25) is 0 Å². The number of carbonyl (C=O) groups excluding carboxylic acids is 1. The van der Waals surface area contributed by atoms with Crippen molar-refractivity contribution in [2.24, 2.45) is 0 Å². The van der Waals surface area contributed by atoms with E-state index in [1.807, 2.05) is 0 Å². The van der Waals surface area contributed by atoms with E-state index in [0.29, 0.717) is 11.3 Å². The molecule has 0 aliphatic carbocycles. The largest absolute Gasteiger partial charge is 0.508 e.